The number of rotatable bonds is 7. The standard InChI is InChI=1S/C29H33N5O4S/c1-19-17-38-18-20(2)34(19)26-16-25(29(14-15-29)39(36,37)24-6-4-3-5-7-24)32-27(33-26)21-8-10-22(11-9-21)30-28(35)31-23-12-13-23/h3-11,16,19-20,23H,12-15,17-18H2,1-2H3,(H2,30,31,35). The minimum Gasteiger partial charge on any atom is -0.377 e. The number of carbonyl (C=O) groups excluding carboxylic acids is 1. The van der Waals surface area contributed by atoms with E-state index in [9.17, 15) is 13.2 Å². The number of aromatic nitrogens is 2. The summed E-state index contributed by atoms with van der Waals surface area (Å²) >= 11 is 0. The first-order valence-corrected chi connectivity index (χ1v) is 15.0. The maximum atomic E-state index is 13.9. The minimum absolute atomic E-state index is 0.0711. The average Bonchev–Trinajstić information content (AvgIpc) is 3.85. The molecule has 2 aromatic carbocycles. The molecule has 1 aliphatic heterocycles. The van der Waals surface area contributed by atoms with Gasteiger partial charge in [0.25, 0.3) is 0 Å². The molecular weight excluding hydrogens is 514 g/mol. The predicted octanol–water partition coefficient (Wildman–Crippen LogP) is 4.50. The lowest BCUT2D eigenvalue weighted by Gasteiger charge is -2.40. The van der Waals surface area contributed by atoms with Gasteiger partial charge in [-0.15, -0.1) is 0 Å². The summed E-state index contributed by atoms with van der Waals surface area (Å²) in [5.74, 6) is 1.15. The second kappa shape index (κ2) is 9.91. The van der Waals surface area contributed by atoms with E-state index in [2.05, 4.69) is 29.4 Å². The zero-order valence-corrected chi connectivity index (χ0v) is 22.9. The monoisotopic (exact) mass is 547 g/mol. The van der Waals surface area contributed by atoms with E-state index in [-0.39, 0.29) is 24.2 Å². The first-order valence-electron chi connectivity index (χ1n) is 13.5. The summed E-state index contributed by atoms with van der Waals surface area (Å²) in [6, 6.07) is 18.0. The molecule has 1 aromatic heterocycles. The van der Waals surface area contributed by atoms with Gasteiger partial charge in [-0.2, -0.15) is 0 Å². The maximum Gasteiger partial charge on any atom is 0.319 e. The molecular formula is C29H33N5O4S. The Labute approximate surface area is 228 Å². The van der Waals surface area contributed by atoms with Crippen molar-refractivity contribution < 1.29 is 17.9 Å². The molecule has 3 aromatic rings. The highest BCUT2D eigenvalue weighted by Gasteiger charge is 2.58. The van der Waals surface area contributed by atoms with Crippen molar-refractivity contribution in [3.63, 3.8) is 0 Å². The van der Waals surface area contributed by atoms with Crippen molar-refractivity contribution in [1.29, 1.82) is 0 Å². The molecule has 204 valence electrons. The topological polar surface area (TPSA) is 114 Å². The van der Waals surface area contributed by atoms with Crippen LogP contribution in [0.3, 0.4) is 0 Å². The highest BCUT2D eigenvalue weighted by atomic mass is 32.2. The SMILES string of the molecule is CC1COCC(C)N1c1cc(C2(S(=O)(=O)c3ccccc3)CC2)nc(-c2ccc(NC(=O)NC3CC3)cc2)n1. The molecule has 10 heteroatoms. The Balaban J connectivity index is 1.39. The van der Waals surface area contributed by atoms with Gasteiger partial charge in [-0.3, -0.25) is 0 Å². The van der Waals surface area contributed by atoms with Gasteiger partial charge >= 0.3 is 6.03 Å². The Morgan fingerprint density at radius 3 is 2.26 bits per heavy atom. The van der Waals surface area contributed by atoms with Gasteiger partial charge in [-0.25, -0.2) is 23.2 Å². The van der Waals surface area contributed by atoms with Crippen molar-refractivity contribution in [2.75, 3.05) is 23.4 Å². The summed E-state index contributed by atoms with van der Waals surface area (Å²) in [5, 5.41) is 5.77. The van der Waals surface area contributed by atoms with Gasteiger partial charge in [0.05, 0.1) is 35.9 Å². The number of hydrogen-bond donors (Lipinski definition) is 2. The number of urea groups is 1. The van der Waals surface area contributed by atoms with E-state index in [1.54, 1.807) is 24.3 Å². The summed E-state index contributed by atoms with van der Waals surface area (Å²) in [6.07, 6.45) is 3.05. The summed E-state index contributed by atoms with van der Waals surface area (Å²) < 4.78 is 32.4. The number of morpholine rings is 1. The van der Waals surface area contributed by atoms with Crippen LogP contribution in [0.15, 0.2) is 65.6 Å². The number of nitrogens with one attached hydrogen (secondary N) is 2. The number of amides is 2. The van der Waals surface area contributed by atoms with Crippen LogP contribution >= 0.6 is 0 Å². The number of anilines is 2. The molecule has 2 amide bonds. The van der Waals surface area contributed by atoms with Gasteiger partial charge in [0.15, 0.2) is 15.7 Å². The van der Waals surface area contributed by atoms with Crippen LogP contribution < -0.4 is 15.5 Å². The summed E-state index contributed by atoms with van der Waals surface area (Å²) in [5.41, 5.74) is 1.92. The molecule has 3 aliphatic rings. The van der Waals surface area contributed by atoms with E-state index in [1.165, 1.54) is 0 Å². The fraction of sp³-hybridized carbons (Fsp3) is 0.414. The van der Waals surface area contributed by atoms with E-state index < -0.39 is 14.6 Å². The molecule has 2 atom stereocenters. The zero-order valence-electron chi connectivity index (χ0n) is 22.1. The molecule has 2 N–H and O–H groups in total. The largest absolute Gasteiger partial charge is 0.377 e. The van der Waals surface area contributed by atoms with Crippen LogP contribution in [0.25, 0.3) is 11.4 Å². The van der Waals surface area contributed by atoms with Crippen molar-refractivity contribution in [3.05, 3.63) is 66.4 Å². The van der Waals surface area contributed by atoms with Crippen molar-refractivity contribution in [3.8, 4) is 11.4 Å². The quantitative estimate of drug-likeness (QED) is 0.448. The lowest BCUT2D eigenvalue weighted by molar-refractivity contribution is 0.0752. The molecule has 3 fully saturated rings. The minimum atomic E-state index is -3.67. The molecule has 2 unspecified atom stereocenters. The molecule has 2 saturated carbocycles. The Morgan fingerprint density at radius 2 is 1.64 bits per heavy atom. The van der Waals surface area contributed by atoms with Crippen LogP contribution in [0.4, 0.5) is 16.3 Å². The Hall–Kier alpha value is -3.50. The van der Waals surface area contributed by atoms with Gasteiger partial charge in [0, 0.05) is 23.4 Å². The number of nitrogens with zero attached hydrogens (tertiary/aromatic N) is 3. The third-order valence-electron chi connectivity index (χ3n) is 7.70. The summed E-state index contributed by atoms with van der Waals surface area (Å²) in [6.45, 7) is 5.29. The van der Waals surface area contributed by atoms with E-state index in [0.29, 0.717) is 54.0 Å². The van der Waals surface area contributed by atoms with E-state index in [0.717, 1.165) is 18.4 Å². The van der Waals surface area contributed by atoms with Crippen molar-refractivity contribution in [2.24, 2.45) is 0 Å². The van der Waals surface area contributed by atoms with E-state index >= 15 is 0 Å². The second-order valence-electron chi connectivity index (χ2n) is 10.8. The predicted molar refractivity (Wildman–Crippen MR) is 149 cm³/mol. The Morgan fingerprint density at radius 1 is 0.974 bits per heavy atom. The van der Waals surface area contributed by atoms with Gasteiger partial charge in [0.1, 0.15) is 10.6 Å². The normalized spacial score (nSPS) is 22.3. The fourth-order valence-corrected chi connectivity index (χ4v) is 7.26. The van der Waals surface area contributed by atoms with Gasteiger partial charge in [0.2, 0.25) is 0 Å². The molecule has 39 heavy (non-hydrogen) atoms. The molecule has 2 heterocycles. The van der Waals surface area contributed by atoms with Crippen LogP contribution in [0.5, 0.6) is 0 Å². The molecule has 1 saturated heterocycles. The van der Waals surface area contributed by atoms with Crippen molar-refractivity contribution >= 4 is 27.4 Å². The van der Waals surface area contributed by atoms with Crippen LogP contribution in [-0.4, -0.2) is 55.8 Å². The fourth-order valence-electron chi connectivity index (χ4n) is 5.27. The number of ether oxygens (including phenoxy) is 1. The highest BCUT2D eigenvalue weighted by molar-refractivity contribution is 7.92. The lowest BCUT2D eigenvalue weighted by atomic mass is 10.1. The Kier molecular flexibility index (Phi) is 6.55. The van der Waals surface area contributed by atoms with Gasteiger partial charge in [-0.05, 0) is 75.9 Å². The molecule has 0 spiro atoms. The van der Waals surface area contributed by atoms with Gasteiger partial charge in [-0.1, -0.05) is 18.2 Å². The highest BCUT2D eigenvalue weighted by Crippen LogP contribution is 2.55. The molecule has 6 rings (SSSR count). The summed E-state index contributed by atoms with van der Waals surface area (Å²) in [4.78, 5) is 24.4. The Bertz CT molecular complexity index is 1460. The maximum absolute atomic E-state index is 13.9. The molecule has 0 radical (unpaired) electrons. The first kappa shape index (κ1) is 25.8. The first-order chi connectivity index (χ1) is 18.8. The molecule has 0 bridgehead atoms. The number of sulfone groups is 1. The van der Waals surface area contributed by atoms with Crippen molar-refractivity contribution in [1.82, 2.24) is 15.3 Å². The van der Waals surface area contributed by atoms with E-state index in [4.69, 9.17) is 14.7 Å². The lowest BCUT2D eigenvalue weighted by Crippen LogP contribution is -2.50. The van der Waals surface area contributed by atoms with E-state index in [1.807, 2.05) is 36.4 Å². The third kappa shape index (κ3) is 4.98. The molecule has 9 nitrogen and oxygen atoms in total. The average molecular weight is 548 g/mol. The number of benzene rings is 2. The van der Waals surface area contributed by atoms with Crippen LogP contribution in [0.1, 0.15) is 45.2 Å². The smallest absolute Gasteiger partial charge is 0.319 e. The number of carbonyl (C=O) groups is 1. The summed E-state index contributed by atoms with van der Waals surface area (Å²) in [7, 11) is -3.67. The van der Waals surface area contributed by atoms with Gasteiger partial charge < -0.3 is 20.3 Å². The van der Waals surface area contributed by atoms with Crippen molar-refractivity contribution in [2.45, 2.75) is 67.3 Å². The van der Waals surface area contributed by atoms with Crippen LogP contribution in [0.2, 0.25) is 0 Å². The zero-order chi connectivity index (χ0) is 27.2. The molecule has 2 aliphatic carbocycles. The number of hydrogen-bond acceptors (Lipinski definition) is 7. The third-order valence-corrected chi connectivity index (χ3v) is 10.2. The van der Waals surface area contributed by atoms with Crippen LogP contribution in [0, 0.1) is 0 Å². The second-order valence-corrected chi connectivity index (χ2v) is 13.1. The van der Waals surface area contributed by atoms with Crippen LogP contribution in [-0.2, 0) is 19.3 Å².